The molecular formula is C19H14Cl2F3N3O3S. The lowest BCUT2D eigenvalue weighted by Gasteiger charge is -2.15. The van der Waals surface area contributed by atoms with Crippen molar-refractivity contribution >= 4 is 40.4 Å². The minimum atomic E-state index is -4.55. The van der Waals surface area contributed by atoms with Crippen LogP contribution >= 0.6 is 34.5 Å². The second-order valence-corrected chi connectivity index (χ2v) is 8.24. The number of rotatable bonds is 7. The van der Waals surface area contributed by atoms with Gasteiger partial charge in [0.2, 0.25) is 5.88 Å². The molecule has 0 aliphatic carbocycles. The fraction of sp³-hybridized carbons (Fsp3) is 0.211. The van der Waals surface area contributed by atoms with Crippen LogP contribution < -0.4 is 14.8 Å². The Bertz CT molecular complexity index is 1060. The molecule has 1 amide bonds. The summed E-state index contributed by atoms with van der Waals surface area (Å²) in [6.45, 7) is 1.87. The van der Waals surface area contributed by atoms with E-state index in [0.717, 1.165) is 10.9 Å². The maximum absolute atomic E-state index is 12.7. The van der Waals surface area contributed by atoms with Crippen molar-refractivity contribution in [3.63, 3.8) is 0 Å². The van der Waals surface area contributed by atoms with Gasteiger partial charge in [-0.25, -0.2) is 9.97 Å². The van der Waals surface area contributed by atoms with Crippen molar-refractivity contribution in [1.29, 1.82) is 0 Å². The van der Waals surface area contributed by atoms with Crippen LogP contribution in [0.2, 0.25) is 9.49 Å². The largest absolute Gasteiger partial charge is 0.481 e. The molecule has 1 atom stereocenters. The van der Waals surface area contributed by atoms with Gasteiger partial charge in [0.1, 0.15) is 16.5 Å². The first kappa shape index (κ1) is 23.1. The highest BCUT2D eigenvalue weighted by molar-refractivity contribution is 7.15. The van der Waals surface area contributed by atoms with Gasteiger partial charge in [-0.15, -0.1) is 11.3 Å². The number of pyridine rings is 1. The number of halogens is 5. The van der Waals surface area contributed by atoms with Crippen LogP contribution in [0.1, 0.15) is 17.4 Å². The lowest BCUT2D eigenvalue weighted by atomic mass is 10.3. The van der Waals surface area contributed by atoms with Crippen LogP contribution in [0.3, 0.4) is 0 Å². The van der Waals surface area contributed by atoms with Crippen LogP contribution in [-0.4, -0.2) is 22.0 Å². The molecule has 1 N–H and O–H groups in total. The Morgan fingerprint density at radius 2 is 1.84 bits per heavy atom. The third-order valence-corrected chi connectivity index (χ3v) is 5.20. The summed E-state index contributed by atoms with van der Waals surface area (Å²) >= 11 is 12.8. The molecule has 0 spiro atoms. The molecule has 0 fully saturated rings. The third kappa shape index (κ3) is 6.46. The zero-order valence-corrected chi connectivity index (χ0v) is 18.1. The van der Waals surface area contributed by atoms with E-state index in [1.165, 1.54) is 23.5 Å². The highest BCUT2D eigenvalue weighted by Gasteiger charge is 2.31. The van der Waals surface area contributed by atoms with E-state index in [0.29, 0.717) is 16.4 Å². The van der Waals surface area contributed by atoms with E-state index in [1.54, 1.807) is 25.3 Å². The van der Waals surface area contributed by atoms with Gasteiger partial charge < -0.3 is 14.8 Å². The van der Waals surface area contributed by atoms with E-state index in [4.69, 9.17) is 32.7 Å². The van der Waals surface area contributed by atoms with Crippen molar-refractivity contribution in [2.75, 3.05) is 0 Å². The number of hydrogen-bond acceptors (Lipinski definition) is 6. The molecule has 31 heavy (non-hydrogen) atoms. The summed E-state index contributed by atoms with van der Waals surface area (Å²) in [6.07, 6.45) is -3.11. The van der Waals surface area contributed by atoms with Crippen LogP contribution in [0.5, 0.6) is 17.4 Å². The second-order valence-electron chi connectivity index (χ2n) is 6.14. The molecule has 1 unspecified atom stereocenters. The Morgan fingerprint density at radius 3 is 2.42 bits per heavy atom. The zero-order chi connectivity index (χ0) is 22.6. The van der Waals surface area contributed by atoms with E-state index in [1.807, 2.05) is 0 Å². The normalized spacial score (nSPS) is 12.3. The quantitative estimate of drug-likeness (QED) is 0.456. The molecule has 0 radical (unpaired) electrons. The van der Waals surface area contributed by atoms with E-state index >= 15 is 0 Å². The number of nitrogens with zero attached hydrogens (tertiary/aromatic N) is 2. The van der Waals surface area contributed by atoms with Crippen molar-refractivity contribution in [2.45, 2.75) is 25.7 Å². The van der Waals surface area contributed by atoms with Gasteiger partial charge in [0.15, 0.2) is 10.6 Å². The summed E-state index contributed by atoms with van der Waals surface area (Å²) in [4.78, 5) is 20.5. The Labute approximate surface area is 188 Å². The Morgan fingerprint density at radius 1 is 1.16 bits per heavy atom. The van der Waals surface area contributed by atoms with E-state index < -0.39 is 17.8 Å². The Hall–Kier alpha value is -2.56. The van der Waals surface area contributed by atoms with Crippen LogP contribution in [0.15, 0.2) is 42.7 Å². The highest BCUT2D eigenvalue weighted by Crippen LogP contribution is 2.34. The van der Waals surface area contributed by atoms with Gasteiger partial charge in [-0.3, -0.25) is 4.79 Å². The molecule has 12 heteroatoms. The monoisotopic (exact) mass is 491 g/mol. The standard InChI is InChI=1S/C19H14Cl2F3N3O3S/c1-10(16(28)25-8-14-9-27-18(21)31-14)29-12-2-4-13(5-3-12)30-17-15(20)6-11(7-26-17)19(22,23)24/h2-7,9-10H,8H2,1H3,(H,25,28). The number of thiazole rings is 1. The van der Waals surface area contributed by atoms with Crippen molar-refractivity contribution in [2.24, 2.45) is 0 Å². The number of alkyl halides is 3. The molecule has 1 aromatic carbocycles. The molecular weight excluding hydrogens is 478 g/mol. The number of benzene rings is 1. The van der Waals surface area contributed by atoms with Gasteiger partial charge in [-0.2, -0.15) is 13.2 Å². The molecule has 6 nitrogen and oxygen atoms in total. The molecule has 2 heterocycles. The number of aromatic nitrogens is 2. The third-order valence-electron chi connectivity index (χ3n) is 3.82. The molecule has 0 saturated heterocycles. The number of hydrogen-bond donors (Lipinski definition) is 1. The molecule has 0 aliphatic heterocycles. The van der Waals surface area contributed by atoms with Crippen molar-refractivity contribution in [1.82, 2.24) is 15.3 Å². The zero-order valence-electron chi connectivity index (χ0n) is 15.7. The van der Waals surface area contributed by atoms with Gasteiger partial charge in [-0.05, 0) is 37.3 Å². The smallest absolute Gasteiger partial charge is 0.417 e. The summed E-state index contributed by atoms with van der Waals surface area (Å²) in [5.41, 5.74) is -0.973. The van der Waals surface area contributed by atoms with E-state index in [2.05, 4.69) is 15.3 Å². The molecule has 2 aromatic heterocycles. The molecule has 3 aromatic rings. The maximum atomic E-state index is 12.7. The lowest BCUT2D eigenvalue weighted by Crippen LogP contribution is -2.35. The van der Waals surface area contributed by atoms with E-state index in [-0.39, 0.29) is 29.1 Å². The second kappa shape index (κ2) is 9.71. The van der Waals surface area contributed by atoms with Crippen molar-refractivity contribution in [3.05, 3.63) is 62.7 Å². The fourth-order valence-corrected chi connectivity index (χ4v) is 3.42. The molecule has 0 saturated carbocycles. The van der Waals surface area contributed by atoms with Gasteiger partial charge >= 0.3 is 6.18 Å². The summed E-state index contributed by atoms with van der Waals surface area (Å²) in [5.74, 6) is 0.174. The Kier molecular flexibility index (Phi) is 7.24. The first-order valence-electron chi connectivity index (χ1n) is 8.67. The van der Waals surface area contributed by atoms with Crippen LogP contribution in [0.4, 0.5) is 13.2 Å². The summed E-state index contributed by atoms with van der Waals surface area (Å²) in [5, 5.41) is 2.44. The van der Waals surface area contributed by atoms with Gasteiger partial charge in [0.25, 0.3) is 5.91 Å². The average molecular weight is 492 g/mol. The van der Waals surface area contributed by atoms with Crippen LogP contribution in [0.25, 0.3) is 0 Å². The first-order valence-corrected chi connectivity index (χ1v) is 10.2. The van der Waals surface area contributed by atoms with Crippen molar-refractivity contribution in [3.8, 4) is 17.4 Å². The highest BCUT2D eigenvalue weighted by atomic mass is 35.5. The predicted molar refractivity (Wildman–Crippen MR) is 110 cm³/mol. The van der Waals surface area contributed by atoms with Gasteiger partial charge in [0.05, 0.1) is 12.1 Å². The number of nitrogens with one attached hydrogen (secondary N) is 1. The number of carbonyl (C=O) groups is 1. The summed E-state index contributed by atoms with van der Waals surface area (Å²) in [6, 6.07) is 6.84. The maximum Gasteiger partial charge on any atom is 0.417 e. The van der Waals surface area contributed by atoms with Gasteiger partial charge in [-0.1, -0.05) is 23.2 Å². The number of ether oxygens (including phenoxy) is 2. The number of amides is 1. The van der Waals surface area contributed by atoms with Gasteiger partial charge in [0, 0.05) is 17.3 Å². The number of carbonyl (C=O) groups excluding carboxylic acids is 1. The summed E-state index contributed by atoms with van der Waals surface area (Å²) < 4.78 is 49.4. The lowest BCUT2D eigenvalue weighted by molar-refractivity contribution is -0.137. The van der Waals surface area contributed by atoms with Crippen LogP contribution in [0, 0.1) is 0 Å². The van der Waals surface area contributed by atoms with Crippen LogP contribution in [-0.2, 0) is 17.5 Å². The minimum Gasteiger partial charge on any atom is -0.481 e. The fourth-order valence-electron chi connectivity index (χ4n) is 2.29. The first-order chi connectivity index (χ1) is 14.6. The topological polar surface area (TPSA) is 73.3 Å². The molecule has 3 rings (SSSR count). The van der Waals surface area contributed by atoms with Crippen molar-refractivity contribution < 1.29 is 27.4 Å². The SMILES string of the molecule is CC(Oc1ccc(Oc2ncc(C(F)(F)F)cc2Cl)cc1)C(=O)NCc1cnc(Cl)s1. The van der Waals surface area contributed by atoms with E-state index in [9.17, 15) is 18.0 Å². The predicted octanol–water partition coefficient (Wildman–Crippen LogP) is 5.74. The average Bonchev–Trinajstić information content (AvgIpc) is 3.13. The summed E-state index contributed by atoms with van der Waals surface area (Å²) in [7, 11) is 0. The Balaban J connectivity index is 1.55. The molecule has 0 aliphatic rings. The molecule has 0 bridgehead atoms. The molecule has 164 valence electrons. The minimum absolute atomic E-state index is 0.167.